The zero-order chi connectivity index (χ0) is 13.5. The highest BCUT2D eigenvalue weighted by Gasteiger charge is 2.41. The molecular weight excluding hydrogens is 342 g/mol. The smallest absolute Gasteiger partial charge is 0.308 e. The largest absolute Gasteiger partial charge is 0.481 e. The van der Waals surface area contributed by atoms with Crippen LogP contribution in [0.15, 0.2) is 20.1 Å². The van der Waals surface area contributed by atoms with E-state index in [-0.39, 0.29) is 23.2 Å². The number of thiophene rings is 1. The molecule has 1 N–H and O–H groups in total. The van der Waals surface area contributed by atoms with Gasteiger partial charge in [0.15, 0.2) is 0 Å². The lowest BCUT2D eigenvalue weighted by Gasteiger charge is -2.14. The number of carboxylic acids is 1. The molecule has 1 aromatic heterocycles. The molecule has 2 atom stereocenters. The van der Waals surface area contributed by atoms with E-state index in [2.05, 4.69) is 15.9 Å². The highest BCUT2D eigenvalue weighted by Crippen LogP contribution is 2.33. The number of carbonyl (C=O) groups is 1. The Morgan fingerprint density at radius 2 is 2.17 bits per heavy atom. The Hall–Kier alpha value is -0.440. The molecule has 0 aliphatic carbocycles. The molecule has 1 aliphatic heterocycles. The summed E-state index contributed by atoms with van der Waals surface area (Å²) in [5, 5.41) is 9.02. The van der Waals surface area contributed by atoms with Crippen LogP contribution in [0.5, 0.6) is 0 Å². The van der Waals surface area contributed by atoms with E-state index in [1.54, 1.807) is 13.0 Å². The van der Waals surface area contributed by atoms with Gasteiger partial charge >= 0.3 is 5.97 Å². The summed E-state index contributed by atoms with van der Waals surface area (Å²) in [5.74, 6) is -1.73. The summed E-state index contributed by atoms with van der Waals surface area (Å²) < 4.78 is 26.8. The summed E-state index contributed by atoms with van der Waals surface area (Å²) in [6, 6.07) is 3.20. The maximum atomic E-state index is 12.3. The third-order valence-corrected chi connectivity index (χ3v) is 6.96. The van der Waals surface area contributed by atoms with Gasteiger partial charge in [-0.05, 0) is 34.0 Å². The predicted octanol–water partition coefficient (Wildman–Crippen LogP) is 1.85. The molecule has 0 saturated carbocycles. The molecule has 1 aliphatic rings. The van der Waals surface area contributed by atoms with Gasteiger partial charge in [0, 0.05) is 13.1 Å². The van der Waals surface area contributed by atoms with Gasteiger partial charge in [0.25, 0.3) is 10.0 Å². The van der Waals surface area contributed by atoms with Gasteiger partial charge in [0.1, 0.15) is 4.21 Å². The summed E-state index contributed by atoms with van der Waals surface area (Å²) >= 11 is 4.35. The first-order valence-corrected chi connectivity index (χ1v) is 8.35. The van der Waals surface area contributed by atoms with Crippen molar-refractivity contribution in [1.29, 1.82) is 0 Å². The van der Waals surface area contributed by atoms with Crippen molar-refractivity contribution in [2.24, 2.45) is 11.8 Å². The van der Waals surface area contributed by atoms with Crippen molar-refractivity contribution in [2.75, 3.05) is 13.1 Å². The molecule has 0 spiro atoms. The summed E-state index contributed by atoms with van der Waals surface area (Å²) in [7, 11) is -3.56. The molecule has 0 radical (unpaired) electrons. The van der Waals surface area contributed by atoms with Gasteiger partial charge in [-0.2, -0.15) is 4.31 Å². The Morgan fingerprint density at radius 1 is 1.50 bits per heavy atom. The van der Waals surface area contributed by atoms with Crippen molar-refractivity contribution < 1.29 is 18.3 Å². The maximum Gasteiger partial charge on any atom is 0.308 e. The van der Waals surface area contributed by atoms with Crippen molar-refractivity contribution in [3.8, 4) is 0 Å². The second-order valence-corrected chi connectivity index (χ2v) is 8.93. The van der Waals surface area contributed by atoms with Crippen LogP contribution in [-0.4, -0.2) is 36.9 Å². The number of rotatable bonds is 3. The molecule has 1 aromatic rings. The van der Waals surface area contributed by atoms with Crippen molar-refractivity contribution in [2.45, 2.75) is 11.1 Å². The Morgan fingerprint density at radius 3 is 2.61 bits per heavy atom. The van der Waals surface area contributed by atoms with Gasteiger partial charge in [0.05, 0.1) is 9.70 Å². The molecule has 0 aromatic carbocycles. The SMILES string of the molecule is C[C@@H]1CN(S(=O)(=O)c2ccc(Br)s2)C[C@H]1C(=O)O. The molecule has 0 unspecified atom stereocenters. The normalized spacial score (nSPS) is 25.4. The molecule has 18 heavy (non-hydrogen) atoms. The summed E-state index contributed by atoms with van der Waals surface area (Å²) in [6.07, 6.45) is 0. The van der Waals surface area contributed by atoms with Gasteiger partial charge in [-0.25, -0.2) is 8.42 Å². The number of nitrogens with zero attached hydrogens (tertiary/aromatic N) is 1. The fourth-order valence-corrected chi connectivity index (χ4v) is 5.73. The third-order valence-electron chi connectivity index (χ3n) is 3.04. The predicted molar refractivity (Wildman–Crippen MR) is 71.1 cm³/mol. The molecule has 0 amide bonds. The van der Waals surface area contributed by atoms with Crippen LogP contribution in [-0.2, 0) is 14.8 Å². The van der Waals surface area contributed by atoms with Crippen LogP contribution in [0.3, 0.4) is 0 Å². The molecule has 1 saturated heterocycles. The molecule has 5 nitrogen and oxygen atoms in total. The number of carboxylic acid groups (broad SMARTS) is 1. The molecule has 100 valence electrons. The second-order valence-electron chi connectivity index (χ2n) is 4.30. The molecule has 0 bridgehead atoms. The number of sulfonamides is 1. The minimum absolute atomic E-state index is 0.0500. The first-order chi connectivity index (χ1) is 8.32. The first-order valence-electron chi connectivity index (χ1n) is 5.30. The lowest BCUT2D eigenvalue weighted by molar-refractivity contribution is -0.142. The lowest BCUT2D eigenvalue weighted by Crippen LogP contribution is -2.29. The fraction of sp³-hybridized carbons (Fsp3) is 0.500. The monoisotopic (exact) mass is 353 g/mol. The number of aliphatic carboxylic acids is 1. The minimum Gasteiger partial charge on any atom is -0.481 e. The van der Waals surface area contributed by atoms with E-state index in [1.807, 2.05) is 0 Å². The summed E-state index contributed by atoms with van der Waals surface area (Å²) in [4.78, 5) is 11.0. The van der Waals surface area contributed by atoms with Gasteiger partial charge in [-0.1, -0.05) is 6.92 Å². The highest BCUT2D eigenvalue weighted by molar-refractivity contribution is 9.11. The average Bonchev–Trinajstić information content (AvgIpc) is 2.84. The van der Waals surface area contributed by atoms with Crippen LogP contribution in [0.25, 0.3) is 0 Å². The number of hydrogen-bond acceptors (Lipinski definition) is 4. The number of hydrogen-bond donors (Lipinski definition) is 1. The van der Waals surface area contributed by atoms with Gasteiger partial charge in [0.2, 0.25) is 0 Å². The topological polar surface area (TPSA) is 74.7 Å². The van der Waals surface area contributed by atoms with Crippen molar-refractivity contribution >= 4 is 43.3 Å². The zero-order valence-electron chi connectivity index (χ0n) is 9.54. The van der Waals surface area contributed by atoms with Crippen LogP contribution >= 0.6 is 27.3 Å². The molecule has 2 rings (SSSR count). The molecule has 2 heterocycles. The third kappa shape index (κ3) is 2.47. The van der Waals surface area contributed by atoms with Crippen molar-refractivity contribution in [1.82, 2.24) is 4.31 Å². The van der Waals surface area contributed by atoms with E-state index in [1.165, 1.54) is 10.4 Å². The Kier molecular flexibility index (Phi) is 3.82. The van der Waals surface area contributed by atoms with Crippen LogP contribution in [0.2, 0.25) is 0 Å². The standard InChI is InChI=1S/C10H12BrNO4S2/c1-6-4-12(5-7(6)10(13)14)18(15,16)9-3-2-8(11)17-9/h2-3,6-7H,4-5H2,1H3,(H,13,14)/t6-,7-/m1/s1. The van der Waals surface area contributed by atoms with Gasteiger partial charge in [-0.3, -0.25) is 4.79 Å². The van der Waals surface area contributed by atoms with E-state index in [0.717, 1.165) is 15.1 Å². The van der Waals surface area contributed by atoms with E-state index in [0.29, 0.717) is 0 Å². The fourth-order valence-electron chi connectivity index (χ4n) is 2.00. The second kappa shape index (κ2) is 4.92. The van der Waals surface area contributed by atoms with Crippen LogP contribution in [0.1, 0.15) is 6.92 Å². The summed E-state index contributed by atoms with van der Waals surface area (Å²) in [6.45, 7) is 2.07. The lowest BCUT2D eigenvalue weighted by atomic mass is 9.99. The van der Waals surface area contributed by atoms with E-state index < -0.39 is 21.9 Å². The van der Waals surface area contributed by atoms with E-state index in [4.69, 9.17) is 5.11 Å². The minimum atomic E-state index is -3.56. The highest BCUT2D eigenvalue weighted by atomic mass is 79.9. The van der Waals surface area contributed by atoms with E-state index >= 15 is 0 Å². The zero-order valence-corrected chi connectivity index (χ0v) is 12.8. The first kappa shape index (κ1) is 14.0. The maximum absolute atomic E-state index is 12.3. The van der Waals surface area contributed by atoms with Gasteiger partial charge in [-0.15, -0.1) is 11.3 Å². The Labute approximate surface area is 118 Å². The number of halogens is 1. The molecule has 8 heteroatoms. The van der Waals surface area contributed by atoms with E-state index in [9.17, 15) is 13.2 Å². The van der Waals surface area contributed by atoms with Crippen molar-refractivity contribution in [3.05, 3.63) is 15.9 Å². The summed E-state index contributed by atoms with van der Waals surface area (Å²) in [5.41, 5.74) is 0. The van der Waals surface area contributed by atoms with Crippen LogP contribution in [0, 0.1) is 11.8 Å². The van der Waals surface area contributed by atoms with Crippen LogP contribution in [0.4, 0.5) is 0 Å². The average molecular weight is 354 g/mol. The quantitative estimate of drug-likeness (QED) is 0.899. The molecule has 1 fully saturated rings. The molecular formula is C10H12BrNO4S2. The van der Waals surface area contributed by atoms with Gasteiger partial charge < -0.3 is 5.11 Å². The van der Waals surface area contributed by atoms with Crippen LogP contribution < -0.4 is 0 Å². The Bertz CT molecular complexity index is 568. The Balaban J connectivity index is 2.26. The van der Waals surface area contributed by atoms with Crippen molar-refractivity contribution in [3.63, 3.8) is 0 Å².